The number of methoxy groups -OCH3 is 1. The summed E-state index contributed by atoms with van der Waals surface area (Å²) in [6.45, 7) is 0. The van der Waals surface area contributed by atoms with Gasteiger partial charge in [0.25, 0.3) is 11.5 Å². The highest BCUT2D eigenvalue weighted by atomic mass is 16.5. The number of aliphatic hydroxyl groups excluding tert-OH is 1. The zero-order valence-corrected chi connectivity index (χ0v) is 5.57. The molecule has 0 unspecified atom stereocenters. The lowest BCUT2D eigenvalue weighted by Gasteiger charge is -1.99. The van der Waals surface area contributed by atoms with Gasteiger partial charge in [0.2, 0.25) is 0 Å². The van der Waals surface area contributed by atoms with Crippen LogP contribution in [0.2, 0.25) is 0 Å². The van der Waals surface area contributed by atoms with Crippen molar-refractivity contribution in [1.82, 2.24) is 0 Å². The van der Waals surface area contributed by atoms with Gasteiger partial charge in [0.15, 0.2) is 0 Å². The lowest BCUT2D eigenvalue weighted by molar-refractivity contribution is -0.141. The minimum atomic E-state index is -1.75. The first kappa shape index (κ1) is 9.28. The molecule has 0 aliphatic rings. The van der Waals surface area contributed by atoms with Crippen LogP contribution in [-0.4, -0.2) is 34.4 Å². The molecule has 6 nitrogen and oxygen atoms in total. The van der Waals surface area contributed by atoms with E-state index in [9.17, 15) is 9.59 Å². The number of carbonyl (C=O) groups is 2. The van der Waals surface area contributed by atoms with Gasteiger partial charge in [-0.3, -0.25) is 0 Å². The summed E-state index contributed by atoms with van der Waals surface area (Å²) in [7, 11) is 0.947. The largest absolute Gasteiger partial charge is 0.499 e. The number of hydrogen-bond donors (Lipinski definition) is 3. The van der Waals surface area contributed by atoms with Crippen LogP contribution in [0.25, 0.3) is 0 Å². The Hall–Kier alpha value is -1.72. The molecule has 0 aromatic carbocycles. The molecule has 0 rings (SSSR count). The van der Waals surface area contributed by atoms with Crippen molar-refractivity contribution in [3.05, 3.63) is 11.5 Å². The molecule has 3 N–H and O–H groups in total. The smallest absolute Gasteiger partial charge is 0.375 e. The number of aliphatic hydroxyl groups is 1. The predicted octanol–water partition coefficient (Wildman–Crippen LogP) is -0.428. The van der Waals surface area contributed by atoms with E-state index in [4.69, 9.17) is 15.3 Å². The van der Waals surface area contributed by atoms with Gasteiger partial charge < -0.3 is 20.1 Å². The second kappa shape index (κ2) is 3.45. The van der Waals surface area contributed by atoms with Crippen LogP contribution in [0, 0.1) is 0 Å². The quantitative estimate of drug-likeness (QED) is 0.384. The summed E-state index contributed by atoms with van der Waals surface area (Å²) in [5.74, 6) is -5.69. The van der Waals surface area contributed by atoms with Gasteiger partial charge in [0.1, 0.15) is 0 Å². The van der Waals surface area contributed by atoms with Crippen molar-refractivity contribution in [1.29, 1.82) is 0 Å². The summed E-state index contributed by atoms with van der Waals surface area (Å²) in [6.07, 6.45) is 0. The van der Waals surface area contributed by atoms with E-state index in [-0.39, 0.29) is 0 Å². The number of aliphatic carboxylic acids is 2. The van der Waals surface area contributed by atoms with Crippen LogP contribution in [0.3, 0.4) is 0 Å². The normalized spacial score (nSPS) is 11.7. The predicted molar refractivity (Wildman–Crippen MR) is 31.9 cm³/mol. The van der Waals surface area contributed by atoms with Gasteiger partial charge in [-0.15, -0.1) is 0 Å². The Kier molecular flexibility index (Phi) is 2.91. The molecule has 11 heavy (non-hydrogen) atoms. The van der Waals surface area contributed by atoms with E-state index in [0.717, 1.165) is 7.11 Å². The van der Waals surface area contributed by atoms with Crippen LogP contribution < -0.4 is 0 Å². The van der Waals surface area contributed by atoms with E-state index in [1.54, 1.807) is 0 Å². The zero-order valence-electron chi connectivity index (χ0n) is 5.57. The van der Waals surface area contributed by atoms with E-state index in [0.29, 0.717) is 0 Å². The molecule has 0 heterocycles. The maximum Gasteiger partial charge on any atom is 0.375 e. The average Bonchev–Trinajstić information content (AvgIpc) is 1.88. The summed E-state index contributed by atoms with van der Waals surface area (Å²) in [5, 5.41) is 24.8. The molecule has 0 fully saturated rings. The van der Waals surface area contributed by atoms with Gasteiger partial charge in [0.05, 0.1) is 7.11 Å². The Morgan fingerprint density at radius 3 is 1.64 bits per heavy atom. The van der Waals surface area contributed by atoms with Gasteiger partial charge in [-0.05, 0) is 0 Å². The van der Waals surface area contributed by atoms with E-state index >= 15 is 0 Å². The van der Waals surface area contributed by atoms with E-state index < -0.39 is 23.5 Å². The first-order valence-corrected chi connectivity index (χ1v) is 2.44. The van der Waals surface area contributed by atoms with E-state index in [1.807, 2.05) is 0 Å². The van der Waals surface area contributed by atoms with Gasteiger partial charge in [-0.1, -0.05) is 0 Å². The Morgan fingerprint density at radius 2 is 1.55 bits per heavy atom. The Labute approximate surface area is 61.3 Å². The van der Waals surface area contributed by atoms with E-state index in [2.05, 4.69) is 4.74 Å². The highest BCUT2D eigenvalue weighted by Crippen LogP contribution is 2.01. The van der Waals surface area contributed by atoms with E-state index in [1.165, 1.54) is 0 Å². The van der Waals surface area contributed by atoms with Crippen LogP contribution in [0.4, 0.5) is 0 Å². The lowest BCUT2D eigenvalue weighted by Crippen LogP contribution is -2.12. The van der Waals surface area contributed by atoms with Crippen molar-refractivity contribution in [3.8, 4) is 0 Å². The molecule has 0 amide bonds. The molecule has 0 radical (unpaired) electrons. The van der Waals surface area contributed by atoms with Gasteiger partial charge in [-0.2, -0.15) is 0 Å². The molecule has 6 heteroatoms. The Bertz CT molecular complexity index is 215. The van der Waals surface area contributed by atoms with Crippen molar-refractivity contribution in [3.63, 3.8) is 0 Å². The SMILES string of the molecule is CO/C(C(=O)O)=C(/O)C(=O)O. The molecule has 0 aliphatic heterocycles. The molecule has 0 aromatic heterocycles. The molecule has 0 atom stereocenters. The van der Waals surface area contributed by atoms with Gasteiger partial charge in [-0.25, -0.2) is 9.59 Å². The molecule has 0 spiro atoms. The van der Waals surface area contributed by atoms with Crippen molar-refractivity contribution >= 4 is 11.9 Å². The van der Waals surface area contributed by atoms with Crippen LogP contribution >= 0.6 is 0 Å². The fourth-order valence-corrected chi connectivity index (χ4v) is 0.382. The van der Waals surface area contributed by atoms with Crippen LogP contribution in [0.5, 0.6) is 0 Å². The molecule has 0 saturated carbocycles. The van der Waals surface area contributed by atoms with Crippen LogP contribution in [0.1, 0.15) is 0 Å². The molecule has 62 valence electrons. The van der Waals surface area contributed by atoms with Crippen molar-refractivity contribution in [2.75, 3.05) is 7.11 Å². The minimum Gasteiger partial charge on any atom is -0.499 e. The van der Waals surface area contributed by atoms with Gasteiger partial charge >= 0.3 is 11.9 Å². The van der Waals surface area contributed by atoms with Crippen molar-refractivity contribution < 1.29 is 29.6 Å². The second-order valence-electron chi connectivity index (χ2n) is 1.49. The zero-order chi connectivity index (χ0) is 9.02. The standard InChI is InChI=1S/C5H6O6/c1-11-3(5(9)10)2(6)4(7)8/h6H,1H3,(H,7,8)(H,9,10)/b3-2+. The number of carboxylic acid groups (broad SMARTS) is 2. The third-order valence-corrected chi connectivity index (χ3v) is 0.816. The van der Waals surface area contributed by atoms with Crippen LogP contribution in [0.15, 0.2) is 11.5 Å². The fourth-order valence-electron chi connectivity index (χ4n) is 0.382. The Balaban J connectivity index is 4.83. The topological polar surface area (TPSA) is 104 Å². The number of rotatable bonds is 3. The number of carboxylic acids is 2. The maximum atomic E-state index is 10.1. The average molecular weight is 162 g/mol. The summed E-state index contributed by atoms with van der Waals surface area (Å²) in [6, 6.07) is 0. The summed E-state index contributed by atoms with van der Waals surface area (Å²) in [4.78, 5) is 20.0. The second-order valence-corrected chi connectivity index (χ2v) is 1.49. The summed E-state index contributed by atoms with van der Waals surface area (Å²) in [5.41, 5.74) is 0. The third-order valence-electron chi connectivity index (χ3n) is 0.816. The van der Waals surface area contributed by atoms with Gasteiger partial charge in [0, 0.05) is 0 Å². The minimum absolute atomic E-state index is 0.947. The first-order valence-electron chi connectivity index (χ1n) is 2.44. The monoisotopic (exact) mass is 162 g/mol. The highest BCUT2D eigenvalue weighted by Gasteiger charge is 2.19. The fraction of sp³-hybridized carbons (Fsp3) is 0.200. The Morgan fingerprint density at radius 1 is 1.09 bits per heavy atom. The third kappa shape index (κ3) is 2.17. The van der Waals surface area contributed by atoms with Crippen LogP contribution in [-0.2, 0) is 14.3 Å². The highest BCUT2D eigenvalue weighted by molar-refractivity contribution is 5.95. The molecule has 0 aromatic rings. The summed E-state index contributed by atoms with van der Waals surface area (Å²) >= 11 is 0. The lowest BCUT2D eigenvalue weighted by atomic mass is 10.4. The maximum absolute atomic E-state index is 10.1. The summed E-state index contributed by atoms with van der Waals surface area (Å²) < 4.78 is 4.08. The molecule has 0 aliphatic carbocycles. The molecule has 0 saturated heterocycles. The first-order chi connectivity index (χ1) is 5.00. The number of hydrogen-bond acceptors (Lipinski definition) is 4. The number of ether oxygens (including phenoxy) is 1. The molecule has 0 bridgehead atoms. The molecular formula is C5H6O6. The molecular weight excluding hydrogens is 156 g/mol. The van der Waals surface area contributed by atoms with Crippen molar-refractivity contribution in [2.45, 2.75) is 0 Å². The van der Waals surface area contributed by atoms with Crippen molar-refractivity contribution in [2.24, 2.45) is 0 Å².